The highest BCUT2D eigenvalue weighted by Crippen LogP contribution is 2.52. The first kappa shape index (κ1) is 25.2. The van der Waals surface area contributed by atoms with Gasteiger partial charge >= 0.3 is 5.97 Å². The number of benzene rings is 2. The molecule has 2 unspecified atom stereocenters. The first-order valence-corrected chi connectivity index (χ1v) is 13.1. The lowest BCUT2D eigenvalue weighted by Gasteiger charge is -2.39. The number of ether oxygens (including phenoxy) is 1. The maximum Gasteiger partial charge on any atom is 0.338 e. The van der Waals surface area contributed by atoms with Crippen LogP contribution in [-0.2, 0) is 19.6 Å². The van der Waals surface area contributed by atoms with E-state index in [1.807, 2.05) is 4.90 Å². The molecule has 4 rings (SSSR count). The number of rotatable bonds is 6. The quantitative estimate of drug-likeness (QED) is 0.587. The number of hydrogen-bond acceptors (Lipinski definition) is 5. The number of fused-ring (bicyclic) bond motifs is 2. The topological polar surface area (TPSA) is 92.8 Å². The van der Waals surface area contributed by atoms with Gasteiger partial charge < -0.3 is 9.64 Å². The Morgan fingerprint density at radius 3 is 2.49 bits per heavy atom. The van der Waals surface area contributed by atoms with Crippen LogP contribution < -0.4 is 4.72 Å². The van der Waals surface area contributed by atoms with Crippen LogP contribution in [0, 0.1) is 23.6 Å². The average molecular weight is 503 g/mol. The summed E-state index contributed by atoms with van der Waals surface area (Å²) in [7, 11) is -4.03. The molecule has 1 saturated carbocycles. The molecule has 1 aliphatic carbocycles. The van der Waals surface area contributed by atoms with Crippen molar-refractivity contribution in [2.75, 3.05) is 17.9 Å². The summed E-state index contributed by atoms with van der Waals surface area (Å²) in [5.74, 6) is -1.48. The minimum absolute atomic E-state index is 0.0630. The molecule has 9 heteroatoms. The van der Waals surface area contributed by atoms with Gasteiger partial charge in [0.2, 0.25) is 0 Å². The summed E-state index contributed by atoms with van der Waals surface area (Å²) in [5.41, 5.74) is 1.01. The lowest BCUT2D eigenvalue weighted by molar-refractivity contribution is -0.135. The maximum absolute atomic E-state index is 13.1. The number of nitrogens with one attached hydrogen (secondary N) is 1. The highest BCUT2D eigenvalue weighted by Gasteiger charge is 2.50. The number of amides is 1. The first-order valence-electron chi connectivity index (χ1n) is 11.6. The molecular weight excluding hydrogens is 471 g/mol. The van der Waals surface area contributed by atoms with Gasteiger partial charge in [0.15, 0.2) is 6.61 Å². The highest BCUT2D eigenvalue weighted by atomic mass is 32.2. The number of carbonyl (C=O) groups is 2. The van der Waals surface area contributed by atoms with Crippen molar-refractivity contribution in [3.8, 4) is 0 Å². The number of nitrogens with zero attached hydrogens (tertiary/aromatic N) is 1. The minimum Gasteiger partial charge on any atom is -0.452 e. The molecule has 2 aromatic rings. The van der Waals surface area contributed by atoms with E-state index in [0.717, 1.165) is 31.4 Å². The van der Waals surface area contributed by atoms with Gasteiger partial charge in [0, 0.05) is 18.3 Å². The number of esters is 1. The van der Waals surface area contributed by atoms with Gasteiger partial charge in [-0.1, -0.05) is 26.8 Å². The summed E-state index contributed by atoms with van der Waals surface area (Å²) in [4.78, 5) is 27.4. The molecular formula is C26H31FN2O5S. The largest absolute Gasteiger partial charge is 0.452 e. The molecule has 2 bridgehead atoms. The Morgan fingerprint density at radius 2 is 1.80 bits per heavy atom. The summed E-state index contributed by atoms with van der Waals surface area (Å²) < 4.78 is 46.4. The summed E-state index contributed by atoms with van der Waals surface area (Å²) >= 11 is 0. The van der Waals surface area contributed by atoms with Crippen molar-refractivity contribution in [2.24, 2.45) is 10.8 Å². The number of carbonyl (C=O) groups excluding carboxylic acids is 2. The third-order valence-electron chi connectivity index (χ3n) is 6.90. The number of likely N-dealkylation sites (tertiary alicyclic amines) is 1. The molecule has 0 aromatic heterocycles. The van der Waals surface area contributed by atoms with E-state index < -0.39 is 28.4 Å². The number of halogens is 1. The van der Waals surface area contributed by atoms with Crippen molar-refractivity contribution >= 4 is 27.6 Å². The van der Waals surface area contributed by atoms with Crippen LogP contribution in [0.25, 0.3) is 0 Å². The maximum atomic E-state index is 13.1. The number of sulfonamides is 1. The smallest absolute Gasteiger partial charge is 0.338 e. The standard InChI is InChI=1S/C26H31FN2O5S/c1-17-5-10-21(35(32,33)28-19-8-6-18(27)7-9-19)11-22(17)24(31)34-14-23(30)29-16-26(4)13-20(29)12-25(2,3)15-26/h5-11,20,28H,12-16H2,1-4H3. The molecule has 1 amide bonds. The zero-order valence-electron chi connectivity index (χ0n) is 20.4. The normalized spacial score (nSPS) is 23.1. The van der Waals surface area contributed by atoms with Gasteiger partial charge in [0.05, 0.1) is 10.5 Å². The summed E-state index contributed by atoms with van der Waals surface area (Å²) in [6, 6.07) is 9.13. The van der Waals surface area contributed by atoms with E-state index in [1.165, 1.54) is 30.3 Å². The predicted molar refractivity (Wildman–Crippen MR) is 130 cm³/mol. The monoisotopic (exact) mass is 502 g/mol. The Hall–Kier alpha value is -2.94. The van der Waals surface area contributed by atoms with Gasteiger partial charge in [0.1, 0.15) is 5.82 Å². The van der Waals surface area contributed by atoms with Crippen molar-refractivity contribution in [3.05, 3.63) is 59.4 Å². The third kappa shape index (κ3) is 5.50. The Bertz CT molecular complexity index is 1260. The molecule has 188 valence electrons. The second-order valence-electron chi connectivity index (χ2n) is 10.9. The van der Waals surface area contributed by atoms with Crippen molar-refractivity contribution in [1.82, 2.24) is 4.90 Å². The molecule has 35 heavy (non-hydrogen) atoms. The molecule has 1 saturated heterocycles. The van der Waals surface area contributed by atoms with Crippen LogP contribution in [0.4, 0.5) is 10.1 Å². The van der Waals surface area contributed by atoms with E-state index in [4.69, 9.17) is 4.74 Å². The van der Waals surface area contributed by atoms with Gasteiger partial charge in [-0.05, 0) is 79.0 Å². The van der Waals surface area contributed by atoms with Crippen molar-refractivity contribution in [3.63, 3.8) is 0 Å². The Kier molecular flexibility index (Phi) is 6.42. The van der Waals surface area contributed by atoms with Gasteiger partial charge in [0.25, 0.3) is 15.9 Å². The Labute approximate surface area is 205 Å². The van der Waals surface area contributed by atoms with E-state index in [1.54, 1.807) is 6.92 Å². The van der Waals surface area contributed by atoms with Gasteiger partial charge in [-0.25, -0.2) is 17.6 Å². The van der Waals surface area contributed by atoms with Crippen LogP contribution in [0.1, 0.15) is 56.0 Å². The van der Waals surface area contributed by atoms with Crippen molar-refractivity contribution in [2.45, 2.75) is 57.9 Å². The fourth-order valence-electron chi connectivity index (χ4n) is 5.76. The fraction of sp³-hybridized carbons (Fsp3) is 0.462. The zero-order chi connectivity index (χ0) is 25.6. The Morgan fingerprint density at radius 1 is 1.11 bits per heavy atom. The summed E-state index contributed by atoms with van der Waals surface area (Å²) in [5, 5.41) is 0. The number of hydrogen-bond donors (Lipinski definition) is 1. The van der Waals surface area contributed by atoms with Crippen LogP contribution in [0.2, 0.25) is 0 Å². The van der Waals surface area contributed by atoms with E-state index >= 15 is 0 Å². The summed E-state index contributed by atoms with van der Waals surface area (Å²) in [6.45, 7) is 8.57. The minimum atomic E-state index is -4.03. The van der Waals surface area contributed by atoms with Crippen molar-refractivity contribution in [1.29, 1.82) is 0 Å². The molecule has 2 aromatic carbocycles. The van der Waals surface area contributed by atoms with Gasteiger partial charge in [-0.2, -0.15) is 0 Å². The summed E-state index contributed by atoms with van der Waals surface area (Å²) in [6.07, 6.45) is 2.92. The van der Waals surface area contributed by atoms with E-state index in [9.17, 15) is 22.4 Å². The molecule has 0 spiro atoms. The molecule has 1 heterocycles. The predicted octanol–water partition coefficient (Wildman–Crippen LogP) is 4.52. The van der Waals surface area contributed by atoms with Crippen LogP contribution in [0.15, 0.2) is 47.4 Å². The van der Waals surface area contributed by atoms with E-state index in [2.05, 4.69) is 25.5 Å². The van der Waals surface area contributed by atoms with E-state index in [-0.39, 0.29) is 38.9 Å². The molecule has 0 radical (unpaired) electrons. The van der Waals surface area contributed by atoms with Gasteiger partial charge in [-0.3, -0.25) is 9.52 Å². The second kappa shape index (κ2) is 8.93. The Balaban J connectivity index is 1.44. The van der Waals surface area contributed by atoms with Gasteiger partial charge in [-0.15, -0.1) is 0 Å². The highest BCUT2D eigenvalue weighted by molar-refractivity contribution is 7.92. The van der Waals surface area contributed by atoms with Crippen LogP contribution in [0.3, 0.4) is 0 Å². The average Bonchev–Trinajstić information content (AvgIpc) is 3.02. The molecule has 1 N–H and O–H groups in total. The van der Waals surface area contributed by atoms with Crippen LogP contribution >= 0.6 is 0 Å². The number of aryl methyl sites for hydroxylation is 1. The van der Waals surface area contributed by atoms with E-state index in [0.29, 0.717) is 12.1 Å². The SMILES string of the molecule is Cc1ccc(S(=O)(=O)Nc2ccc(F)cc2)cc1C(=O)OCC(=O)N1CC2(C)CC1CC(C)(C)C2. The lowest BCUT2D eigenvalue weighted by atomic mass is 9.65. The molecule has 1 aliphatic heterocycles. The van der Waals surface area contributed by atoms with Crippen LogP contribution in [-0.4, -0.2) is 44.4 Å². The van der Waals surface area contributed by atoms with Crippen molar-refractivity contribution < 1.29 is 27.1 Å². The molecule has 2 atom stereocenters. The first-order chi connectivity index (χ1) is 16.3. The molecule has 2 aliphatic rings. The fourth-order valence-corrected chi connectivity index (χ4v) is 6.84. The lowest BCUT2D eigenvalue weighted by Crippen LogP contribution is -2.39. The number of anilines is 1. The zero-order valence-corrected chi connectivity index (χ0v) is 21.2. The molecule has 2 fully saturated rings. The third-order valence-corrected chi connectivity index (χ3v) is 8.28. The second-order valence-corrected chi connectivity index (χ2v) is 12.6. The van der Waals surface area contributed by atoms with Crippen LogP contribution in [0.5, 0.6) is 0 Å². The molecule has 7 nitrogen and oxygen atoms in total.